The van der Waals surface area contributed by atoms with Crippen LogP contribution in [0.3, 0.4) is 0 Å². The quantitative estimate of drug-likeness (QED) is 0.617. The van der Waals surface area contributed by atoms with Gasteiger partial charge in [0.25, 0.3) is 0 Å². The van der Waals surface area contributed by atoms with E-state index in [1.807, 2.05) is 13.0 Å². The molecule has 0 spiro atoms. The van der Waals surface area contributed by atoms with E-state index >= 15 is 0 Å². The molecule has 0 amide bonds. The molecular weight excluding hydrogens is 252 g/mol. The highest BCUT2D eigenvalue weighted by Crippen LogP contribution is 2.21. The topological polar surface area (TPSA) is 52.1 Å². The number of benzene rings is 1. The number of aryl methyl sites for hydroxylation is 1. The first-order chi connectivity index (χ1) is 8.61. The first kappa shape index (κ1) is 12.5. The van der Waals surface area contributed by atoms with Gasteiger partial charge >= 0.3 is 5.97 Å². The molecule has 5 heteroatoms. The third-order valence-corrected chi connectivity index (χ3v) is 2.74. The fourth-order valence-corrected chi connectivity index (χ4v) is 1.81. The number of nitrogens with zero attached hydrogens (tertiary/aromatic N) is 2. The van der Waals surface area contributed by atoms with E-state index in [2.05, 4.69) is 9.97 Å². The number of hydrogen-bond acceptors (Lipinski definition) is 4. The van der Waals surface area contributed by atoms with Crippen LogP contribution in [0.1, 0.15) is 15.9 Å². The van der Waals surface area contributed by atoms with Gasteiger partial charge in [0.2, 0.25) is 5.28 Å². The zero-order valence-corrected chi connectivity index (χ0v) is 10.7. The smallest absolute Gasteiger partial charge is 0.338 e. The first-order valence-corrected chi connectivity index (χ1v) is 5.67. The molecular formula is C13H11ClN2O2. The monoisotopic (exact) mass is 262 g/mol. The highest BCUT2D eigenvalue weighted by Gasteiger charge is 2.10. The molecule has 0 N–H and O–H groups in total. The largest absolute Gasteiger partial charge is 0.465 e. The van der Waals surface area contributed by atoms with E-state index in [1.54, 1.807) is 24.4 Å². The Balaban J connectivity index is 2.43. The Hall–Kier alpha value is -1.94. The third kappa shape index (κ3) is 2.49. The Morgan fingerprint density at radius 2 is 2.11 bits per heavy atom. The lowest BCUT2D eigenvalue weighted by Crippen LogP contribution is -2.03. The highest BCUT2D eigenvalue weighted by atomic mass is 35.5. The number of methoxy groups -OCH3 is 1. The van der Waals surface area contributed by atoms with Crippen LogP contribution in [0.4, 0.5) is 0 Å². The molecule has 0 radical (unpaired) electrons. The van der Waals surface area contributed by atoms with Gasteiger partial charge in [-0.15, -0.1) is 0 Å². The van der Waals surface area contributed by atoms with E-state index < -0.39 is 0 Å². The van der Waals surface area contributed by atoms with Crippen molar-refractivity contribution in [2.45, 2.75) is 6.92 Å². The number of ether oxygens (including phenoxy) is 1. The molecule has 0 fully saturated rings. The number of esters is 1. The molecule has 0 aliphatic rings. The van der Waals surface area contributed by atoms with Crippen molar-refractivity contribution in [3.63, 3.8) is 0 Å². The van der Waals surface area contributed by atoms with Crippen LogP contribution < -0.4 is 0 Å². The number of rotatable bonds is 2. The summed E-state index contributed by atoms with van der Waals surface area (Å²) >= 11 is 5.74. The summed E-state index contributed by atoms with van der Waals surface area (Å²) in [7, 11) is 1.36. The second kappa shape index (κ2) is 5.14. The second-order valence-corrected chi connectivity index (χ2v) is 4.07. The standard InChI is InChI=1S/C13H11ClN2O2/c1-8-7-9(3-4-10(8)12(17)18-2)11-5-6-15-13(14)16-11/h3-7H,1-2H3. The minimum atomic E-state index is -0.347. The van der Waals surface area contributed by atoms with Crippen molar-refractivity contribution in [2.24, 2.45) is 0 Å². The first-order valence-electron chi connectivity index (χ1n) is 5.29. The van der Waals surface area contributed by atoms with Crippen LogP contribution in [-0.4, -0.2) is 23.0 Å². The molecule has 0 atom stereocenters. The average molecular weight is 263 g/mol. The van der Waals surface area contributed by atoms with Crippen molar-refractivity contribution in [3.8, 4) is 11.3 Å². The van der Waals surface area contributed by atoms with E-state index in [0.29, 0.717) is 5.56 Å². The average Bonchev–Trinajstić information content (AvgIpc) is 2.37. The molecule has 0 saturated heterocycles. The summed E-state index contributed by atoms with van der Waals surface area (Å²) < 4.78 is 4.70. The number of aromatic nitrogens is 2. The van der Waals surface area contributed by atoms with Crippen molar-refractivity contribution >= 4 is 17.6 Å². The summed E-state index contributed by atoms with van der Waals surface area (Å²) in [6.45, 7) is 1.85. The molecule has 0 aliphatic heterocycles. The molecule has 18 heavy (non-hydrogen) atoms. The Kier molecular flexibility index (Phi) is 3.58. The minimum absolute atomic E-state index is 0.196. The van der Waals surface area contributed by atoms with Crippen molar-refractivity contribution in [3.05, 3.63) is 46.9 Å². The summed E-state index contributed by atoms with van der Waals surface area (Å²) in [6.07, 6.45) is 1.59. The van der Waals surface area contributed by atoms with Gasteiger partial charge in [-0.25, -0.2) is 14.8 Å². The molecule has 0 aliphatic carbocycles. The molecule has 1 heterocycles. The molecule has 0 bridgehead atoms. The number of carbonyl (C=O) groups excluding carboxylic acids is 1. The third-order valence-electron chi connectivity index (χ3n) is 2.55. The van der Waals surface area contributed by atoms with Crippen molar-refractivity contribution in [1.82, 2.24) is 9.97 Å². The molecule has 1 aromatic carbocycles. The van der Waals surface area contributed by atoms with E-state index in [0.717, 1.165) is 16.8 Å². The SMILES string of the molecule is COC(=O)c1ccc(-c2ccnc(Cl)n2)cc1C. The summed E-state index contributed by atoms with van der Waals surface area (Å²) in [5, 5.41) is 0.196. The van der Waals surface area contributed by atoms with Crippen LogP contribution in [-0.2, 0) is 4.74 Å². The molecule has 0 unspecified atom stereocenters. The summed E-state index contributed by atoms with van der Waals surface area (Å²) in [5.74, 6) is -0.347. The zero-order chi connectivity index (χ0) is 13.1. The summed E-state index contributed by atoms with van der Waals surface area (Å²) in [5.41, 5.74) is 2.97. The van der Waals surface area contributed by atoms with Crippen LogP contribution >= 0.6 is 11.6 Å². The van der Waals surface area contributed by atoms with E-state index in [4.69, 9.17) is 16.3 Å². The lowest BCUT2D eigenvalue weighted by atomic mass is 10.0. The number of halogens is 1. The van der Waals surface area contributed by atoms with Crippen molar-refractivity contribution in [2.75, 3.05) is 7.11 Å². The molecule has 0 saturated carbocycles. The van der Waals surface area contributed by atoms with Gasteiger partial charge in [0.15, 0.2) is 0 Å². The molecule has 92 valence electrons. The van der Waals surface area contributed by atoms with E-state index in [9.17, 15) is 4.79 Å². The van der Waals surface area contributed by atoms with Gasteiger partial charge in [-0.1, -0.05) is 6.07 Å². The van der Waals surface area contributed by atoms with Gasteiger partial charge in [-0.05, 0) is 42.3 Å². The van der Waals surface area contributed by atoms with E-state index in [1.165, 1.54) is 7.11 Å². The maximum absolute atomic E-state index is 11.5. The molecule has 4 nitrogen and oxygen atoms in total. The molecule has 2 rings (SSSR count). The van der Waals surface area contributed by atoms with Crippen molar-refractivity contribution < 1.29 is 9.53 Å². The van der Waals surface area contributed by atoms with Gasteiger partial charge in [0, 0.05) is 11.8 Å². The predicted molar refractivity (Wildman–Crippen MR) is 68.6 cm³/mol. The lowest BCUT2D eigenvalue weighted by Gasteiger charge is -2.06. The summed E-state index contributed by atoms with van der Waals surface area (Å²) in [6, 6.07) is 7.15. The normalized spacial score (nSPS) is 10.2. The Morgan fingerprint density at radius 3 is 2.72 bits per heavy atom. The fourth-order valence-electron chi connectivity index (χ4n) is 1.66. The lowest BCUT2D eigenvalue weighted by molar-refractivity contribution is 0.0600. The minimum Gasteiger partial charge on any atom is -0.465 e. The number of hydrogen-bond donors (Lipinski definition) is 0. The van der Waals surface area contributed by atoms with Crippen LogP contribution in [0.5, 0.6) is 0 Å². The Labute approximate surface area is 110 Å². The second-order valence-electron chi connectivity index (χ2n) is 3.73. The van der Waals surface area contributed by atoms with Crippen LogP contribution in [0.2, 0.25) is 5.28 Å². The molecule has 1 aromatic heterocycles. The number of carbonyl (C=O) groups is 1. The van der Waals surface area contributed by atoms with Gasteiger partial charge in [0.05, 0.1) is 18.4 Å². The Morgan fingerprint density at radius 1 is 1.33 bits per heavy atom. The fraction of sp³-hybridized carbons (Fsp3) is 0.154. The van der Waals surface area contributed by atoms with E-state index in [-0.39, 0.29) is 11.3 Å². The van der Waals surface area contributed by atoms with Crippen LogP contribution in [0.15, 0.2) is 30.5 Å². The van der Waals surface area contributed by atoms with Crippen LogP contribution in [0, 0.1) is 6.92 Å². The molecule has 2 aromatic rings. The van der Waals surface area contributed by atoms with Gasteiger partial charge in [0.1, 0.15) is 0 Å². The zero-order valence-electron chi connectivity index (χ0n) is 9.98. The van der Waals surface area contributed by atoms with Crippen molar-refractivity contribution in [1.29, 1.82) is 0 Å². The predicted octanol–water partition coefficient (Wildman–Crippen LogP) is 2.89. The van der Waals surface area contributed by atoms with Gasteiger partial charge in [-0.2, -0.15) is 0 Å². The maximum atomic E-state index is 11.5. The highest BCUT2D eigenvalue weighted by molar-refractivity contribution is 6.28. The summed E-state index contributed by atoms with van der Waals surface area (Å²) in [4.78, 5) is 19.4. The Bertz CT molecular complexity index is 599. The van der Waals surface area contributed by atoms with Crippen LogP contribution in [0.25, 0.3) is 11.3 Å². The van der Waals surface area contributed by atoms with Gasteiger partial charge < -0.3 is 4.74 Å². The maximum Gasteiger partial charge on any atom is 0.338 e. The van der Waals surface area contributed by atoms with Gasteiger partial charge in [-0.3, -0.25) is 0 Å².